The van der Waals surface area contributed by atoms with E-state index in [1.807, 2.05) is 0 Å². The zero-order chi connectivity index (χ0) is 8.39. The summed E-state index contributed by atoms with van der Waals surface area (Å²) in [4.78, 5) is 10.3. The summed E-state index contributed by atoms with van der Waals surface area (Å²) >= 11 is 0. The lowest BCUT2D eigenvalue weighted by Crippen LogP contribution is -2.16. The summed E-state index contributed by atoms with van der Waals surface area (Å²) in [5.74, 6) is 0.600. The summed E-state index contributed by atoms with van der Waals surface area (Å²) < 4.78 is 1.72. The van der Waals surface area contributed by atoms with E-state index in [9.17, 15) is 0 Å². The molecule has 6 nitrogen and oxygen atoms in total. The molecule has 0 aliphatic rings. The van der Waals surface area contributed by atoms with Gasteiger partial charge in [-0.25, -0.2) is 4.98 Å². The zero-order valence-electron chi connectivity index (χ0n) is 6.29. The number of aliphatic hydroxyl groups excluding tert-OH is 1. The average Bonchev–Trinajstić information content (AvgIpc) is 2.62. The summed E-state index contributed by atoms with van der Waals surface area (Å²) in [6, 6.07) is 0. The molecule has 2 rings (SSSR count). The van der Waals surface area contributed by atoms with Crippen molar-refractivity contribution in [3.63, 3.8) is 0 Å². The summed E-state index contributed by atoms with van der Waals surface area (Å²) in [5, 5.41) is 12.4. The van der Waals surface area contributed by atoms with Crippen LogP contribution < -0.4 is 4.84 Å². The van der Waals surface area contributed by atoms with E-state index in [-0.39, 0.29) is 13.2 Å². The highest BCUT2D eigenvalue weighted by Gasteiger charge is 2.01. The van der Waals surface area contributed by atoms with Crippen LogP contribution in [0.5, 0.6) is 0 Å². The number of hydrogen-bond acceptors (Lipinski definition) is 4. The molecule has 0 saturated carbocycles. The highest BCUT2D eigenvalue weighted by molar-refractivity contribution is 5.25. The van der Waals surface area contributed by atoms with Crippen LogP contribution in [0.4, 0.5) is 0 Å². The minimum absolute atomic E-state index is 0.0350. The maximum absolute atomic E-state index is 8.49. The van der Waals surface area contributed by atoms with Crippen molar-refractivity contribution >= 4 is 5.78 Å². The minimum atomic E-state index is -0.0350. The van der Waals surface area contributed by atoms with Gasteiger partial charge in [-0.3, -0.25) is 4.40 Å². The molecule has 0 aliphatic carbocycles. The van der Waals surface area contributed by atoms with Gasteiger partial charge in [-0.2, -0.15) is 0 Å². The smallest absolute Gasteiger partial charge is 0.270 e. The fourth-order valence-electron chi connectivity index (χ4n) is 0.916. The maximum atomic E-state index is 8.49. The van der Waals surface area contributed by atoms with Gasteiger partial charge < -0.3 is 9.94 Å². The summed E-state index contributed by atoms with van der Waals surface area (Å²) in [6.07, 6.45) is 5.00. The Morgan fingerprint density at radius 2 is 2.50 bits per heavy atom. The van der Waals surface area contributed by atoms with Gasteiger partial charge in [-0.05, 0) is 0 Å². The van der Waals surface area contributed by atoms with E-state index in [1.54, 1.807) is 23.1 Å². The third-order valence-corrected chi connectivity index (χ3v) is 1.41. The van der Waals surface area contributed by atoms with Crippen molar-refractivity contribution in [2.45, 2.75) is 0 Å². The highest BCUT2D eigenvalue weighted by Crippen LogP contribution is 1.95. The van der Waals surface area contributed by atoms with Gasteiger partial charge >= 0.3 is 0 Å². The summed E-state index contributed by atoms with van der Waals surface area (Å²) in [5.41, 5.74) is 0. The number of fused-ring (bicyclic) bond motifs is 1. The first-order valence-electron chi connectivity index (χ1n) is 3.52. The molecule has 0 fully saturated rings. The van der Waals surface area contributed by atoms with Crippen LogP contribution in [0.1, 0.15) is 0 Å². The second-order valence-electron chi connectivity index (χ2n) is 2.20. The number of hydrogen-bond donors (Lipinski definition) is 1. The summed E-state index contributed by atoms with van der Waals surface area (Å²) in [6.45, 7) is 0.178. The third kappa shape index (κ3) is 1.02. The van der Waals surface area contributed by atoms with E-state index in [2.05, 4.69) is 10.1 Å². The molecular weight excluding hydrogens is 160 g/mol. The van der Waals surface area contributed by atoms with Crippen LogP contribution >= 0.6 is 0 Å². The normalized spacial score (nSPS) is 10.8. The van der Waals surface area contributed by atoms with Crippen LogP contribution in [0.3, 0.4) is 0 Å². The number of imidazole rings is 1. The molecule has 12 heavy (non-hydrogen) atoms. The van der Waals surface area contributed by atoms with Crippen LogP contribution in [-0.4, -0.2) is 37.6 Å². The average molecular weight is 168 g/mol. The number of nitrogens with zero attached hydrogens (tertiary/aromatic N) is 4. The fraction of sp³-hybridized carbons (Fsp3) is 0.333. The van der Waals surface area contributed by atoms with E-state index in [1.165, 1.54) is 4.85 Å². The highest BCUT2D eigenvalue weighted by atomic mass is 16.7. The molecular formula is C6H8N4O2. The van der Waals surface area contributed by atoms with E-state index in [0.717, 1.165) is 0 Å². The minimum Gasteiger partial charge on any atom is -0.393 e. The van der Waals surface area contributed by atoms with Crippen LogP contribution in [0.2, 0.25) is 0 Å². The van der Waals surface area contributed by atoms with Crippen molar-refractivity contribution in [1.29, 1.82) is 0 Å². The second kappa shape index (κ2) is 2.82. The van der Waals surface area contributed by atoms with E-state index in [4.69, 9.17) is 9.94 Å². The summed E-state index contributed by atoms with van der Waals surface area (Å²) in [7, 11) is 0. The van der Waals surface area contributed by atoms with Crippen molar-refractivity contribution in [2.75, 3.05) is 13.2 Å². The first kappa shape index (κ1) is 7.11. The first-order valence-corrected chi connectivity index (χ1v) is 3.52. The van der Waals surface area contributed by atoms with Crippen LogP contribution in [0.25, 0.3) is 5.78 Å². The number of aliphatic hydroxyl groups is 1. The molecule has 0 unspecified atom stereocenters. The molecule has 0 spiro atoms. The maximum Gasteiger partial charge on any atom is 0.270 e. The van der Waals surface area contributed by atoms with Crippen LogP contribution in [0.15, 0.2) is 18.7 Å². The predicted octanol–water partition coefficient (Wildman–Crippen LogP) is -1.05. The van der Waals surface area contributed by atoms with Gasteiger partial charge in [-0.1, -0.05) is 4.85 Å². The molecule has 0 bridgehead atoms. The molecule has 0 radical (unpaired) electrons. The largest absolute Gasteiger partial charge is 0.393 e. The molecule has 1 N–H and O–H groups in total. The van der Waals surface area contributed by atoms with Crippen molar-refractivity contribution in [2.24, 2.45) is 0 Å². The quantitative estimate of drug-likeness (QED) is 0.635. The monoisotopic (exact) mass is 168 g/mol. The molecule has 6 heteroatoms. The van der Waals surface area contributed by atoms with Gasteiger partial charge in [0.15, 0.2) is 0 Å². The van der Waals surface area contributed by atoms with Gasteiger partial charge in [0.1, 0.15) is 12.9 Å². The van der Waals surface area contributed by atoms with E-state index >= 15 is 0 Å². The van der Waals surface area contributed by atoms with Gasteiger partial charge in [0.25, 0.3) is 5.78 Å². The lowest BCUT2D eigenvalue weighted by atomic mass is 10.8. The molecule has 64 valence electrons. The Balaban J connectivity index is 2.28. The lowest BCUT2D eigenvalue weighted by molar-refractivity contribution is 0.0602. The zero-order valence-corrected chi connectivity index (χ0v) is 6.29. The Bertz CT molecular complexity index is 366. The van der Waals surface area contributed by atoms with E-state index in [0.29, 0.717) is 5.78 Å². The first-order chi connectivity index (χ1) is 5.92. The van der Waals surface area contributed by atoms with Crippen LogP contribution in [0, 0.1) is 0 Å². The molecule has 0 aliphatic heterocycles. The lowest BCUT2D eigenvalue weighted by Gasteiger charge is -2.00. The molecule has 2 aromatic heterocycles. The van der Waals surface area contributed by atoms with Gasteiger partial charge in [0.2, 0.25) is 0 Å². The fourth-order valence-corrected chi connectivity index (χ4v) is 0.916. The standard InChI is InChI=1S/C6H8N4O2/c11-3-4-12-10-6-7-1-2-9(6)5-8-10/h1-2,5,11H,3-4H2. The number of aromatic nitrogens is 4. The molecule has 0 amide bonds. The SMILES string of the molecule is OCCOn1ncn2ccnc12. The van der Waals surface area contributed by atoms with Gasteiger partial charge in [-0.15, -0.1) is 5.10 Å². The Kier molecular flexibility index (Phi) is 1.67. The topological polar surface area (TPSA) is 64.6 Å². The van der Waals surface area contributed by atoms with Crippen molar-refractivity contribution < 1.29 is 9.94 Å². The van der Waals surface area contributed by atoms with Crippen LogP contribution in [-0.2, 0) is 0 Å². The second-order valence-corrected chi connectivity index (χ2v) is 2.20. The van der Waals surface area contributed by atoms with E-state index < -0.39 is 0 Å². The van der Waals surface area contributed by atoms with Gasteiger partial charge in [0.05, 0.1) is 6.61 Å². The molecule has 2 heterocycles. The van der Waals surface area contributed by atoms with Crippen molar-refractivity contribution in [3.8, 4) is 0 Å². The molecule has 2 aromatic rings. The third-order valence-electron chi connectivity index (χ3n) is 1.41. The van der Waals surface area contributed by atoms with Gasteiger partial charge in [0, 0.05) is 12.4 Å². The Hall–Kier alpha value is -1.56. The van der Waals surface area contributed by atoms with Crippen molar-refractivity contribution in [3.05, 3.63) is 18.7 Å². The molecule has 0 saturated heterocycles. The Labute approximate surface area is 68.0 Å². The Morgan fingerprint density at radius 1 is 1.58 bits per heavy atom. The Morgan fingerprint density at radius 3 is 3.33 bits per heavy atom. The predicted molar refractivity (Wildman–Crippen MR) is 39.5 cm³/mol. The number of rotatable bonds is 3. The van der Waals surface area contributed by atoms with Crippen molar-refractivity contribution in [1.82, 2.24) is 19.3 Å². The molecule has 0 aromatic carbocycles. The molecule has 0 atom stereocenters.